The van der Waals surface area contributed by atoms with Gasteiger partial charge < -0.3 is 9.88 Å². The van der Waals surface area contributed by atoms with Crippen molar-refractivity contribution in [3.8, 4) is 0 Å². The molecule has 0 spiro atoms. The van der Waals surface area contributed by atoms with E-state index in [0.29, 0.717) is 6.04 Å². The third-order valence-electron chi connectivity index (χ3n) is 3.22. The molecular weight excluding hydrogens is 288 g/mol. The molecule has 1 atom stereocenters. The van der Waals surface area contributed by atoms with Gasteiger partial charge in [0.25, 0.3) is 0 Å². The van der Waals surface area contributed by atoms with Crippen LogP contribution in [0.4, 0.5) is 0 Å². The van der Waals surface area contributed by atoms with Gasteiger partial charge in [-0.05, 0) is 43.7 Å². The Morgan fingerprint density at radius 2 is 1.94 bits per heavy atom. The van der Waals surface area contributed by atoms with Crippen LogP contribution in [0.15, 0.2) is 47.1 Å². The van der Waals surface area contributed by atoms with Crippen molar-refractivity contribution in [1.29, 1.82) is 0 Å². The third-order valence-corrected chi connectivity index (χ3v) is 3.75. The van der Waals surface area contributed by atoms with Crippen molar-refractivity contribution in [3.05, 3.63) is 58.3 Å². The summed E-state index contributed by atoms with van der Waals surface area (Å²) in [6.07, 6.45) is 2.13. The summed E-state index contributed by atoms with van der Waals surface area (Å²) >= 11 is 3.46. The first-order valence-corrected chi connectivity index (χ1v) is 7.13. The molecule has 0 saturated heterocycles. The molecule has 0 aliphatic heterocycles. The molecule has 1 N–H and O–H groups in total. The van der Waals surface area contributed by atoms with E-state index in [-0.39, 0.29) is 0 Å². The standard InChI is InChI=1S/C15H19BrN2/c1-3-18-10-4-5-15(18)11-17-12(2)13-6-8-14(16)9-7-13/h4-10,12,17H,3,11H2,1-2H3/t12-/m0/s1. The van der Waals surface area contributed by atoms with Crippen molar-refractivity contribution >= 4 is 15.9 Å². The van der Waals surface area contributed by atoms with Gasteiger partial charge in [0, 0.05) is 35.5 Å². The minimum Gasteiger partial charge on any atom is -0.351 e. The van der Waals surface area contributed by atoms with Crippen LogP contribution in [0, 0.1) is 0 Å². The molecule has 0 aliphatic carbocycles. The van der Waals surface area contributed by atoms with Crippen molar-refractivity contribution < 1.29 is 0 Å². The first kappa shape index (κ1) is 13.4. The summed E-state index contributed by atoms with van der Waals surface area (Å²) in [6.45, 7) is 6.29. The van der Waals surface area contributed by atoms with Crippen LogP contribution in [-0.4, -0.2) is 4.57 Å². The molecule has 0 amide bonds. The second-order valence-electron chi connectivity index (χ2n) is 4.44. The largest absolute Gasteiger partial charge is 0.351 e. The molecule has 18 heavy (non-hydrogen) atoms. The molecule has 0 unspecified atom stereocenters. The molecule has 1 aromatic heterocycles. The molecular formula is C15H19BrN2. The highest BCUT2D eigenvalue weighted by Gasteiger charge is 2.06. The number of hydrogen-bond donors (Lipinski definition) is 1. The Labute approximate surface area is 117 Å². The lowest BCUT2D eigenvalue weighted by Gasteiger charge is -2.15. The van der Waals surface area contributed by atoms with Crippen molar-refractivity contribution in [2.45, 2.75) is 33.0 Å². The smallest absolute Gasteiger partial charge is 0.0364 e. The van der Waals surface area contributed by atoms with Gasteiger partial charge in [-0.15, -0.1) is 0 Å². The van der Waals surface area contributed by atoms with E-state index < -0.39 is 0 Å². The highest BCUT2D eigenvalue weighted by Crippen LogP contribution is 2.17. The predicted octanol–water partition coefficient (Wildman–Crippen LogP) is 4.12. The maximum atomic E-state index is 3.56. The van der Waals surface area contributed by atoms with E-state index in [1.807, 2.05) is 0 Å². The van der Waals surface area contributed by atoms with Gasteiger partial charge in [-0.1, -0.05) is 28.1 Å². The van der Waals surface area contributed by atoms with Crippen LogP contribution in [0.2, 0.25) is 0 Å². The maximum Gasteiger partial charge on any atom is 0.0364 e. The van der Waals surface area contributed by atoms with Gasteiger partial charge in [0.1, 0.15) is 0 Å². The zero-order valence-corrected chi connectivity index (χ0v) is 12.4. The quantitative estimate of drug-likeness (QED) is 0.879. The first-order valence-electron chi connectivity index (χ1n) is 6.33. The zero-order valence-electron chi connectivity index (χ0n) is 10.9. The molecule has 1 aromatic carbocycles. The predicted molar refractivity (Wildman–Crippen MR) is 79.5 cm³/mol. The molecule has 0 bridgehead atoms. The summed E-state index contributed by atoms with van der Waals surface area (Å²) in [4.78, 5) is 0. The summed E-state index contributed by atoms with van der Waals surface area (Å²) in [5, 5.41) is 3.56. The Balaban J connectivity index is 1.96. The van der Waals surface area contributed by atoms with E-state index in [9.17, 15) is 0 Å². The number of nitrogens with one attached hydrogen (secondary N) is 1. The van der Waals surface area contributed by atoms with Gasteiger partial charge >= 0.3 is 0 Å². The molecule has 2 aromatic rings. The fourth-order valence-corrected chi connectivity index (χ4v) is 2.31. The van der Waals surface area contributed by atoms with Crippen molar-refractivity contribution in [2.75, 3.05) is 0 Å². The van der Waals surface area contributed by atoms with Crippen LogP contribution in [0.5, 0.6) is 0 Å². The van der Waals surface area contributed by atoms with E-state index in [1.54, 1.807) is 0 Å². The van der Waals surface area contributed by atoms with E-state index in [0.717, 1.165) is 17.6 Å². The second kappa shape index (κ2) is 6.21. The van der Waals surface area contributed by atoms with E-state index in [2.05, 4.69) is 82.3 Å². The average Bonchev–Trinajstić information content (AvgIpc) is 2.84. The maximum absolute atomic E-state index is 3.56. The molecule has 96 valence electrons. The molecule has 3 heteroatoms. The summed E-state index contributed by atoms with van der Waals surface area (Å²) in [5.41, 5.74) is 2.65. The molecule has 1 heterocycles. The van der Waals surface area contributed by atoms with Crippen molar-refractivity contribution in [2.24, 2.45) is 0 Å². The van der Waals surface area contributed by atoms with E-state index >= 15 is 0 Å². The summed E-state index contributed by atoms with van der Waals surface area (Å²) in [7, 11) is 0. The molecule has 0 radical (unpaired) electrons. The lowest BCUT2D eigenvalue weighted by atomic mass is 10.1. The molecule has 2 rings (SSSR count). The van der Waals surface area contributed by atoms with Gasteiger partial charge in [0.2, 0.25) is 0 Å². The van der Waals surface area contributed by atoms with E-state index in [1.165, 1.54) is 11.3 Å². The Hall–Kier alpha value is -1.06. The lowest BCUT2D eigenvalue weighted by molar-refractivity contribution is 0.549. The fraction of sp³-hybridized carbons (Fsp3) is 0.333. The van der Waals surface area contributed by atoms with Crippen LogP contribution in [0.1, 0.15) is 31.1 Å². The highest BCUT2D eigenvalue weighted by molar-refractivity contribution is 9.10. The fourth-order valence-electron chi connectivity index (χ4n) is 2.05. The lowest BCUT2D eigenvalue weighted by Crippen LogP contribution is -2.19. The van der Waals surface area contributed by atoms with Gasteiger partial charge in [-0.3, -0.25) is 0 Å². The average molecular weight is 307 g/mol. The van der Waals surface area contributed by atoms with Crippen LogP contribution >= 0.6 is 15.9 Å². The molecule has 0 fully saturated rings. The normalized spacial score (nSPS) is 12.6. The number of hydrogen-bond acceptors (Lipinski definition) is 1. The second-order valence-corrected chi connectivity index (χ2v) is 5.36. The Kier molecular flexibility index (Phi) is 4.61. The zero-order chi connectivity index (χ0) is 13.0. The minimum absolute atomic E-state index is 0.360. The summed E-state index contributed by atoms with van der Waals surface area (Å²) in [5.74, 6) is 0. The minimum atomic E-state index is 0.360. The first-order chi connectivity index (χ1) is 8.70. The Bertz CT molecular complexity index is 487. The van der Waals surface area contributed by atoms with E-state index in [4.69, 9.17) is 0 Å². The summed E-state index contributed by atoms with van der Waals surface area (Å²) in [6, 6.07) is 13.1. The monoisotopic (exact) mass is 306 g/mol. The Morgan fingerprint density at radius 3 is 2.61 bits per heavy atom. The SMILES string of the molecule is CCn1cccc1CN[C@@H](C)c1ccc(Br)cc1. The van der Waals surface area contributed by atoms with Crippen LogP contribution < -0.4 is 5.32 Å². The van der Waals surface area contributed by atoms with Crippen molar-refractivity contribution in [1.82, 2.24) is 9.88 Å². The number of benzene rings is 1. The van der Waals surface area contributed by atoms with Gasteiger partial charge in [0.05, 0.1) is 0 Å². The van der Waals surface area contributed by atoms with Gasteiger partial charge in [0.15, 0.2) is 0 Å². The highest BCUT2D eigenvalue weighted by atomic mass is 79.9. The number of rotatable bonds is 5. The number of aryl methyl sites for hydroxylation is 1. The van der Waals surface area contributed by atoms with Crippen LogP contribution in [-0.2, 0) is 13.1 Å². The summed E-state index contributed by atoms with van der Waals surface area (Å²) < 4.78 is 3.39. The number of nitrogens with zero attached hydrogens (tertiary/aromatic N) is 1. The number of aromatic nitrogens is 1. The molecule has 0 saturated carbocycles. The van der Waals surface area contributed by atoms with Gasteiger partial charge in [-0.25, -0.2) is 0 Å². The Morgan fingerprint density at radius 1 is 1.22 bits per heavy atom. The van der Waals surface area contributed by atoms with Crippen LogP contribution in [0.25, 0.3) is 0 Å². The molecule has 2 nitrogen and oxygen atoms in total. The van der Waals surface area contributed by atoms with Crippen LogP contribution in [0.3, 0.4) is 0 Å². The number of halogens is 1. The van der Waals surface area contributed by atoms with Crippen molar-refractivity contribution in [3.63, 3.8) is 0 Å². The van der Waals surface area contributed by atoms with Gasteiger partial charge in [-0.2, -0.15) is 0 Å². The third kappa shape index (κ3) is 3.24. The molecule has 0 aliphatic rings. The topological polar surface area (TPSA) is 17.0 Å².